The number of halogens is 1. The highest BCUT2D eigenvalue weighted by Gasteiger charge is 2.18. The molecule has 3 aromatic rings. The first-order valence-electron chi connectivity index (χ1n) is 8.33. The quantitative estimate of drug-likeness (QED) is 0.682. The van der Waals surface area contributed by atoms with Gasteiger partial charge in [0.15, 0.2) is 0 Å². The maximum Gasteiger partial charge on any atom is 0.308 e. The van der Waals surface area contributed by atoms with Crippen molar-refractivity contribution >= 4 is 0 Å². The van der Waals surface area contributed by atoms with Crippen LogP contribution in [0.2, 0.25) is 0 Å². The maximum atomic E-state index is 13.1. The Kier molecular flexibility index (Phi) is 4.33. The van der Waals surface area contributed by atoms with Gasteiger partial charge in [-0.2, -0.15) is 4.39 Å². The molecular weight excluding hydrogens is 319 g/mol. The average Bonchev–Trinajstić information content (AvgIpc) is 2.67. The molecule has 0 atom stereocenters. The molecule has 1 aliphatic carbocycles. The molecule has 4 rings (SSSR count). The first kappa shape index (κ1) is 15.6. The van der Waals surface area contributed by atoms with Crippen LogP contribution < -0.4 is 4.74 Å². The van der Waals surface area contributed by atoms with Gasteiger partial charge in [-0.15, -0.1) is 0 Å². The Morgan fingerprint density at radius 2 is 1.88 bits per heavy atom. The number of hydrogen-bond acceptors (Lipinski definition) is 5. The molecule has 0 N–H and O–H groups in total. The van der Waals surface area contributed by atoms with Crippen molar-refractivity contribution in [2.24, 2.45) is 0 Å². The van der Waals surface area contributed by atoms with Gasteiger partial charge in [-0.05, 0) is 48.9 Å². The van der Waals surface area contributed by atoms with E-state index in [1.54, 1.807) is 6.20 Å². The van der Waals surface area contributed by atoms with E-state index in [-0.39, 0.29) is 0 Å². The maximum absolute atomic E-state index is 13.1. The lowest BCUT2D eigenvalue weighted by Crippen LogP contribution is -2.09. The van der Waals surface area contributed by atoms with E-state index in [0.717, 1.165) is 48.2 Å². The molecule has 3 aromatic heterocycles. The third kappa shape index (κ3) is 3.47. The topological polar surface area (TPSA) is 60.8 Å². The summed E-state index contributed by atoms with van der Waals surface area (Å²) in [7, 11) is 0. The Morgan fingerprint density at radius 3 is 2.68 bits per heavy atom. The van der Waals surface area contributed by atoms with Gasteiger partial charge in [-0.1, -0.05) is 6.07 Å². The van der Waals surface area contributed by atoms with Crippen LogP contribution in [0.1, 0.15) is 29.8 Å². The van der Waals surface area contributed by atoms with Crippen molar-refractivity contribution < 1.29 is 9.13 Å². The second-order valence-electron chi connectivity index (χ2n) is 5.99. The largest absolute Gasteiger partial charge is 0.471 e. The zero-order valence-electron chi connectivity index (χ0n) is 13.7. The zero-order chi connectivity index (χ0) is 17.1. The van der Waals surface area contributed by atoms with Crippen LogP contribution in [0.15, 0.2) is 42.9 Å². The number of fused-ring (bicyclic) bond motifs is 1. The van der Waals surface area contributed by atoms with Crippen LogP contribution >= 0.6 is 0 Å². The Hall–Kier alpha value is -2.89. The molecule has 0 saturated carbocycles. The SMILES string of the molecule is Fc1ncc(-c2cc(OCc3ccccn3)nc3c2CCCC3)cn1. The van der Waals surface area contributed by atoms with E-state index in [2.05, 4.69) is 19.9 Å². The number of hydrogen-bond donors (Lipinski definition) is 0. The van der Waals surface area contributed by atoms with Gasteiger partial charge in [0, 0.05) is 35.9 Å². The van der Waals surface area contributed by atoms with Crippen molar-refractivity contribution in [3.63, 3.8) is 0 Å². The Balaban J connectivity index is 1.68. The molecule has 0 amide bonds. The van der Waals surface area contributed by atoms with Crippen molar-refractivity contribution in [3.8, 4) is 17.0 Å². The first-order chi connectivity index (χ1) is 12.3. The molecule has 3 heterocycles. The highest BCUT2D eigenvalue weighted by Crippen LogP contribution is 2.33. The molecule has 0 saturated heterocycles. The second kappa shape index (κ2) is 6.93. The van der Waals surface area contributed by atoms with E-state index >= 15 is 0 Å². The summed E-state index contributed by atoms with van der Waals surface area (Å²) in [5.41, 5.74) is 4.83. The van der Waals surface area contributed by atoms with Crippen LogP contribution in [0.5, 0.6) is 5.88 Å². The van der Waals surface area contributed by atoms with E-state index in [1.807, 2.05) is 24.3 Å². The van der Waals surface area contributed by atoms with E-state index in [9.17, 15) is 4.39 Å². The van der Waals surface area contributed by atoms with E-state index in [4.69, 9.17) is 4.74 Å². The summed E-state index contributed by atoms with van der Waals surface area (Å²) in [5, 5.41) is 0. The summed E-state index contributed by atoms with van der Waals surface area (Å²) < 4.78 is 18.9. The smallest absolute Gasteiger partial charge is 0.308 e. The van der Waals surface area contributed by atoms with Crippen molar-refractivity contribution in [1.82, 2.24) is 19.9 Å². The molecule has 25 heavy (non-hydrogen) atoms. The van der Waals surface area contributed by atoms with Crippen molar-refractivity contribution in [3.05, 3.63) is 65.9 Å². The molecule has 6 heteroatoms. The van der Waals surface area contributed by atoms with E-state index < -0.39 is 6.08 Å². The predicted molar refractivity (Wildman–Crippen MR) is 90.4 cm³/mol. The van der Waals surface area contributed by atoms with Crippen LogP contribution in [-0.2, 0) is 19.4 Å². The van der Waals surface area contributed by atoms with Gasteiger partial charge in [-0.25, -0.2) is 15.0 Å². The lowest BCUT2D eigenvalue weighted by atomic mass is 9.90. The van der Waals surface area contributed by atoms with Crippen molar-refractivity contribution in [2.45, 2.75) is 32.3 Å². The standard InChI is InChI=1S/C19H17FN4O/c20-19-22-10-13(11-23-19)16-9-18(24-17-7-2-1-6-15(16)17)25-12-14-5-3-4-8-21-14/h3-5,8-11H,1-2,6-7,12H2. The summed E-state index contributed by atoms with van der Waals surface area (Å²) in [6.07, 6.45) is 8.14. The van der Waals surface area contributed by atoms with Crippen LogP contribution in [0.4, 0.5) is 4.39 Å². The van der Waals surface area contributed by atoms with Gasteiger partial charge < -0.3 is 4.74 Å². The molecule has 1 aliphatic rings. The van der Waals surface area contributed by atoms with Crippen LogP contribution in [0.25, 0.3) is 11.1 Å². The van der Waals surface area contributed by atoms with E-state index in [1.165, 1.54) is 18.0 Å². The van der Waals surface area contributed by atoms with Crippen LogP contribution in [0.3, 0.4) is 0 Å². The third-order valence-corrected chi connectivity index (χ3v) is 4.30. The predicted octanol–water partition coefficient (Wildman–Crippen LogP) is 3.53. The van der Waals surface area contributed by atoms with Crippen LogP contribution in [0, 0.1) is 6.08 Å². The summed E-state index contributed by atoms with van der Waals surface area (Å²) >= 11 is 0. The van der Waals surface area contributed by atoms with E-state index in [0.29, 0.717) is 12.5 Å². The summed E-state index contributed by atoms with van der Waals surface area (Å²) in [5.74, 6) is 0.547. The molecule has 0 fully saturated rings. The third-order valence-electron chi connectivity index (χ3n) is 4.30. The average molecular weight is 336 g/mol. The fourth-order valence-corrected chi connectivity index (χ4v) is 3.09. The highest BCUT2D eigenvalue weighted by atomic mass is 19.1. The zero-order valence-corrected chi connectivity index (χ0v) is 13.7. The summed E-state index contributed by atoms with van der Waals surface area (Å²) in [6.45, 7) is 0.353. The van der Waals surface area contributed by atoms with Gasteiger partial charge in [-0.3, -0.25) is 4.98 Å². The van der Waals surface area contributed by atoms with Gasteiger partial charge >= 0.3 is 6.08 Å². The van der Waals surface area contributed by atoms with Gasteiger partial charge in [0.2, 0.25) is 5.88 Å². The lowest BCUT2D eigenvalue weighted by Gasteiger charge is -2.20. The molecule has 126 valence electrons. The normalized spacial score (nSPS) is 13.3. The van der Waals surface area contributed by atoms with Crippen LogP contribution in [-0.4, -0.2) is 19.9 Å². The number of ether oxygens (including phenoxy) is 1. The number of pyridine rings is 2. The van der Waals surface area contributed by atoms with Crippen molar-refractivity contribution in [2.75, 3.05) is 0 Å². The molecule has 0 radical (unpaired) electrons. The Bertz CT molecular complexity index is 869. The number of aromatic nitrogens is 4. The minimum atomic E-state index is -0.724. The number of rotatable bonds is 4. The highest BCUT2D eigenvalue weighted by molar-refractivity contribution is 5.68. The van der Waals surface area contributed by atoms with Gasteiger partial charge in [0.05, 0.1) is 5.69 Å². The molecule has 0 aromatic carbocycles. The fraction of sp³-hybridized carbons (Fsp3) is 0.263. The fourth-order valence-electron chi connectivity index (χ4n) is 3.09. The number of aryl methyl sites for hydroxylation is 1. The summed E-state index contributed by atoms with van der Waals surface area (Å²) in [4.78, 5) is 16.3. The minimum Gasteiger partial charge on any atom is -0.471 e. The summed E-state index contributed by atoms with van der Waals surface area (Å²) in [6, 6.07) is 7.59. The molecule has 5 nitrogen and oxygen atoms in total. The lowest BCUT2D eigenvalue weighted by molar-refractivity contribution is 0.288. The first-order valence-corrected chi connectivity index (χ1v) is 8.33. The van der Waals surface area contributed by atoms with Gasteiger partial charge in [0.25, 0.3) is 0 Å². The Labute approximate surface area is 145 Å². The molecule has 0 bridgehead atoms. The van der Waals surface area contributed by atoms with Crippen molar-refractivity contribution in [1.29, 1.82) is 0 Å². The molecular formula is C19H17FN4O. The minimum absolute atomic E-state index is 0.353. The second-order valence-corrected chi connectivity index (χ2v) is 5.99. The number of nitrogens with zero attached hydrogens (tertiary/aromatic N) is 4. The Morgan fingerprint density at radius 1 is 1.04 bits per heavy atom. The molecule has 0 aliphatic heterocycles. The molecule has 0 spiro atoms. The molecule has 0 unspecified atom stereocenters. The monoisotopic (exact) mass is 336 g/mol. The van der Waals surface area contributed by atoms with Gasteiger partial charge in [0.1, 0.15) is 6.61 Å².